The molecule has 0 aliphatic carbocycles. The first-order valence-corrected chi connectivity index (χ1v) is 8.06. The van der Waals surface area contributed by atoms with Crippen LogP contribution in [-0.2, 0) is 11.3 Å². The van der Waals surface area contributed by atoms with Gasteiger partial charge in [0.1, 0.15) is 5.70 Å². The number of carbonyl (C=O) groups is 2. The van der Waals surface area contributed by atoms with Crippen molar-refractivity contribution in [1.82, 2.24) is 14.8 Å². The van der Waals surface area contributed by atoms with E-state index in [0.29, 0.717) is 12.2 Å². The number of likely N-dealkylation sites (N-methyl/N-ethyl adjacent to an activating group) is 1. The predicted octanol–water partition coefficient (Wildman–Crippen LogP) is 3.07. The number of nitrogens with zero attached hydrogens (tertiary/aromatic N) is 2. The summed E-state index contributed by atoms with van der Waals surface area (Å²) in [4.78, 5) is 25.2. The molecule has 0 atom stereocenters. The number of hydrogen-bond acceptors (Lipinski definition) is 2. The number of hydrogen-bond donors (Lipinski definition) is 1. The van der Waals surface area contributed by atoms with Gasteiger partial charge in [0.25, 0.3) is 5.91 Å². The second-order valence-electron chi connectivity index (χ2n) is 5.94. The van der Waals surface area contributed by atoms with Gasteiger partial charge < -0.3 is 9.88 Å². The van der Waals surface area contributed by atoms with Crippen LogP contribution in [0, 0.1) is 13.8 Å². The molecule has 0 radical (unpaired) electrons. The van der Waals surface area contributed by atoms with Gasteiger partial charge in [-0.25, -0.2) is 4.79 Å². The molecule has 5 heteroatoms. The van der Waals surface area contributed by atoms with Crippen molar-refractivity contribution in [1.29, 1.82) is 0 Å². The molecule has 0 unspecified atom stereocenters. The first-order valence-electron chi connectivity index (χ1n) is 8.06. The fourth-order valence-corrected chi connectivity index (χ4v) is 3.00. The van der Waals surface area contributed by atoms with Gasteiger partial charge in [0.05, 0.1) is 0 Å². The minimum atomic E-state index is -0.355. The van der Waals surface area contributed by atoms with Crippen molar-refractivity contribution in [3.05, 3.63) is 64.6 Å². The molecule has 3 amide bonds. The first kappa shape index (κ1) is 16.1. The van der Waals surface area contributed by atoms with Crippen LogP contribution in [0.3, 0.4) is 0 Å². The number of benzene rings is 1. The zero-order valence-corrected chi connectivity index (χ0v) is 14.2. The molecular weight excluding hydrogens is 302 g/mol. The molecule has 124 valence electrons. The van der Waals surface area contributed by atoms with Gasteiger partial charge in [-0.15, -0.1) is 0 Å². The summed E-state index contributed by atoms with van der Waals surface area (Å²) in [5.41, 5.74) is 4.70. The molecule has 0 spiro atoms. The third kappa shape index (κ3) is 2.85. The molecule has 2 heterocycles. The van der Waals surface area contributed by atoms with Gasteiger partial charge in [-0.3, -0.25) is 9.69 Å². The first-order chi connectivity index (χ1) is 11.5. The Morgan fingerprint density at radius 1 is 1.12 bits per heavy atom. The van der Waals surface area contributed by atoms with E-state index in [4.69, 9.17) is 0 Å². The summed E-state index contributed by atoms with van der Waals surface area (Å²) in [5, 5.41) is 2.65. The summed E-state index contributed by atoms with van der Waals surface area (Å²) in [6.07, 6.45) is 1.76. The zero-order chi connectivity index (χ0) is 17.3. The number of urea groups is 1. The molecule has 1 N–H and O–H groups in total. The fourth-order valence-electron chi connectivity index (χ4n) is 3.00. The number of amides is 3. The Kier molecular flexibility index (Phi) is 4.25. The number of aryl methyl sites for hydroxylation is 1. The van der Waals surface area contributed by atoms with Gasteiger partial charge in [0, 0.05) is 24.5 Å². The summed E-state index contributed by atoms with van der Waals surface area (Å²) < 4.78 is 2.21. The number of nitrogens with one attached hydrogen (secondary N) is 1. The lowest BCUT2D eigenvalue weighted by Crippen LogP contribution is -2.30. The van der Waals surface area contributed by atoms with Crippen LogP contribution in [0.15, 0.2) is 42.1 Å². The second kappa shape index (κ2) is 6.35. The number of rotatable bonds is 4. The highest BCUT2D eigenvalue weighted by atomic mass is 16.2. The Labute approximate surface area is 141 Å². The monoisotopic (exact) mass is 323 g/mol. The molecule has 0 saturated carbocycles. The van der Waals surface area contributed by atoms with Gasteiger partial charge in [-0.1, -0.05) is 30.3 Å². The molecule has 2 aromatic rings. The maximum Gasteiger partial charge on any atom is 0.328 e. The van der Waals surface area contributed by atoms with Crippen molar-refractivity contribution < 1.29 is 9.59 Å². The quantitative estimate of drug-likeness (QED) is 0.694. The Hall–Kier alpha value is -2.82. The summed E-state index contributed by atoms with van der Waals surface area (Å²) in [6, 6.07) is 11.9. The lowest BCUT2D eigenvalue weighted by molar-refractivity contribution is -0.122. The van der Waals surface area contributed by atoms with Gasteiger partial charge in [-0.05, 0) is 44.0 Å². The highest BCUT2D eigenvalue weighted by Crippen LogP contribution is 2.21. The lowest BCUT2D eigenvalue weighted by Gasteiger charge is -2.09. The summed E-state index contributed by atoms with van der Waals surface area (Å²) >= 11 is 0. The van der Waals surface area contributed by atoms with E-state index < -0.39 is 0 Å². The van der Waals surface area contributed by atoms with Crippen LogP contribution in [-0.4, -0.2) is 28.0 Å². The molecule has 5 nitrogen and oxygen atoms in total. The highest BCUT2D eigenvalue weighted by Gasteiger charge is 2.32. The minimum absolute atomic E-state index is 0.268. The van der Waals surface area contributed by atoms with Crippen LogP contribution in [0.5, 0.6) is 0 Å². The van der Waals surface area contributed by atoms with E-state index in [0.717, 1.165) is 23.5 Å². The maximum atomic E-state index is 12.2. The number of aromatic nitrogens is 1. The van der Waals surface area contributed by atoms with Crippen LogP contribution < -0.4 is 5.32 Å². The smallest absolute Gasteiger partial charge is 0.328 e. The van der Waals surface area contributed by atoms with Crippen molar-refractivity contribution in [2.45, 2.75) is 27.3 Å². The van der Waals surface area contributed by atoms with Crippen molar-refractivity contribution in [2.75, 3.05) is 6.54 Å². The summed E-state index contributed by atoms with van der Waals surface area (Å²) in [6.45, 7) is 7.01. The highest BCUT2D eigenvalue weighted by molar-refractivity contribution is 6.14. The maximum absolute atomic E-state index is 12.2. The van der Waals surface area contributed by atoms with Crippen LogP contribution in [0.2, 0.25) is 0 Å². The Morgan fingerprint density at radius 2 is 1.83 bits per heavy atom. The molecule has 24 heavy (non-hydrogen) atoms. The fraction of sp³-hybridized carbons (Fsp3) is 0.263. The average Bonchev–Trinajstić information content (AvgIpc) is 2.99. The van der Waals surface area contributed by atoms with E-state index in [9.17, 15) is 9.59 Å². The molecule has 1 aromatic carbocycles. The number of imide groups is 1. The van der Waals surface area contributed by atoms with Gasteiger partial charge in [0.2, 0.25) is 0 Å². The van der Waals surface area contributed by atoms with E-state index in [1.54, 1.807) is 13.0 Å². The third-order valence-corrected chi connectivity index (χ3v) is 4.37. The standard InChI is InChI=1S/C19H21N3O2/c1-4-21-18(23)17(20-19(21)24)11-16-10-13(2)22(14(16)3)12-15-8-6-5-7-9-15/h5-11H,4,12H2,1-3H3,(H,20,24). The topological polar surface area (TPSA) is 54.3 Å². The van der Waals surface area contributed by atoms with E-state index in [1.165, 1.54) is 10.5 Å². The lowest BCUT2D eigenvalue weighted by atomic mass is 10.2. The van der Waals surface area contributed by atoms with E-state index in [2.05, 4.69) is 22.0 Å². The molecular formula is C19H21N3O2. The van der Waals surface area contributed by atoms with Crippen molar-refractivity contribution >= 4 is 18.0 Å². The van der Waals surface area contributed by atoms with Gasteiger partial charge >= 0.3 is 6.03 Å². The minimum Gasteiger partial charge on any atom is -0.344 e. The average molecular weight is 323 g/mol. The number of carbonyl (C=O) groups excluding carboxylic acids is 2. The molecule has 1 aliphatic heterocycles. The summed E-state index contributed by atoms with van der Waals surface area (Å²) in [5.74, 6) is -0.268. The van der Waals surface area contributed by atoms with Gasteiger partial charge in [-0.2, -0.15) is 0 Å². The van der Waals surface area contributed by atoms with Crippen LogP contribution in [0.1, 0.15) is 29.4 Å². The second-order valence-corrected chi connectivity index (χ2v) is 5.94. The molecule has 3 rings (SSSR count). The Balaban J connectivity index is 1.91. The Bertz CT molecular complexity index is 819. The third-order valence-electron chi connectivity index (χ3n) is 4.37. The van der Waals surface area contributed by atoms with Crippen molar-refractivity contribution in [2.24, 2.45) is 0 Å². The van der Waals surface area contributed by atoms with Gasteiger partial charge in [0.15, 0.2) is 0 Å². The molecule has 1 fully saturated rings. The van der Waals surface area contributed by atoms with Crippen LogP contribution in [0.4, 0.5) is 4.79 Å². The van der Waals surface area contributed by atoms with Crippen LogP contribution >= 0.6 is 0 Å². The SMILES string of the molecule is CCN1C(=O)NC(=Cc2cc(C)n(Cc3ccccc3)c2C)C1=O. The molecule has 1 saturated heterocycles. The van der Waals surface area contributed by atoms with E-state index in [1.807, 2.05) is 38.1 Å². The molecule has 1 aromatic heterocycles. The summed E-state index contributed by atoms with van der Waals surface area (Å²) in [7, 11) is 0. The van der Waals surface area contributed by atoms with Crippen LogP contribution in [0.25, 0.3) is 6.08 Å². The Morgan fingerprint density at radius 3 is 2.46 bits per heavy atom. The van der Waals surface area contributed by atoms with E-state index in [-0.39, 0.29) is 11.9 Å². The molecule has 0 bridgehead atoms. The van der Waals surface area contributed by atoms with Crippen molar-refractivity contribution in [3.63, 3.8) is 0 Å². The normalized spacial score (nSPS) is 16.1. The predicted molar refractivity (Wildman–Crippen MR) is 93.3 cm³/mol. The largest absolute Gasteiger partial charge is 0.344 e. The molecule has 1 aliphatic rings. The van der Waals surface area contributed by atoms with Crippen molar-refractivity contribution in [3.8, 4) is 0 Å². The zero-order valence-electron chi connectivity index (χ0n) is 14.2. The van der Waals surface area contributed by atoms with E-state index >= 15 is 0 Å².